The number of amides is 1. The summed E-state index contributed by atoms with van der Waals surface area (Å²) in [6.45, 7) is 3.95. The number of methoxy groups -OCH3 is 1. The summed E-state index contributed by atoms with van der Waals surface area (Å²) in [6, 6.07) is 11.8. The van der Waals surface area contributed by atoms with Crippen LogP contribution in [0.1, 0.15) is 28.3 Å². The van der Waals surface area contributed by atoms with Gasteiger partial charge in [-0.3, -0.25) is 4.79 Å². The molecule has 4 rings (SSSR count). The van der Waals surface area contributed by atoms with Crippen LogP contribution in [0, 0.1) is 6.92 Å². The third kappa shape index (κ3) is 2.91. The maximum Gasteiger partial charge on any atom is 0.238 e. The minimum absolute atomic E-state index is 0.00460. The van der Waals surface area contributed by atoms with E-state index < -0.39 is 0 Å². The van der Waals surface area contributed by atoms with Gasteiger partial charge in [0.25, 0.3) is 0 Å². The van der Waals surface area contributed by atoms with Crippen LogP contribution in [0.3, 0.4) is 0 Å². The number of carbonyl (C=O) groups excluding carboxylic acids is 1. The number of nitrogens with zero attached hydrogens (tertiary/aromatic N) is 2. The van der Waals surface area contributed by atoms with E-state index >= 15 is 0 Å². The van der Waals surface area contributed by atoms with Crippen LogP contribution in [0.5, 0.6) is 5.75 Å². The lowest BCUT2D eigenvalue weighted by atomic mass is 10.1. The van der Waals surface area contributed by atoms with Gasteiger partial charge in [-0.15, -0.1) is 23.1 Å². The second-order valence-corrected chi connectivity index (χ2v) is 8.55. The van der Waals surface area contributed by atoms with Crippen molar-refractivity contribution in [3.8, 4) is 11.4 Å². The van der Waals surface area contributed by atoms with Crippen molar-refractivity contribution in [1.82, 2.24) is 9.78 Å². The number of carbonyl (C=O) groups is 1. The van der Waals surface area contributed by atoms with Gasteiger partial charge in [0, 0.05) is 10.4 Å². The smallest absolute Gasteiger partial charge is 0.238 e. The molecule has 0 bridgehead atoms. The third-order valence-corrected chi connectivity index (χ3v) is 6.91. The van der Waals surface area contributed by atoms with Gasteiger partial charge in [0.05, 0.1) is 29.0 Å². The lowest BCUT2D eigenvalue weighted by Crippen LogP contribution is -2.22. The molecule has 0 fully saturated rings. The average molecular weight is 386 g/mol. The van der Waals surface area contributed by atoms with Crippen LogP contribution in [-0.2, 0) is 4.79 Å². The van der Waals surface area contributed by atoms with Crippen LogP contribution in [-0.4, -0.2) is 28.0 Å². The number of aromatic nitrogens is 2. The van der Waals surface area contributed by atoms with Crippen molar-refractivity contribution in [2.75, 3.05) is 12.4 Å². The SMILES string of the molecule is COc1ccc(-n2nc(C)c3c2NC(=O)[C@@H](C)S[C@@H]3c2cccs2)cc1. The minimum atomic E-state index is -0.141. The van der Waals surface area contributed by atoms with Crippen molar-refractivity contribution in [3.63, 3.8) is 0 Å². The average Bonchev–Trinajstić information content (AvgIpc) is 3.26. The van der Waals surface area contributed by atoms with E-state index in [4.69, 9.17) is 9.84 Å². The van der Waals surface area contributed by atoms with E-state index in [0.717, 1.165) is 28.5 Å². The van der Waals surface area contributed by atoms with E-state index in [9.17, 15) is 4.79 Å². The highest BCUT2D eigenvalue weighted by Crippen LogP contribution is 2.47. The standard InChI is InChI=1S/C19H19N3O2S2/c1-11-16-17(15-5-4-10-25-15)26-12(2)19(23)20-18(16)22(21-11)13-6-8-14(24-3)9-7-13/h4-10,12,17H,1-3H3,(H,20,23)/t12-,17-/m1/s1. The first-order valence-electron chi connectivity index (χ1n) is 8.32. The van der Waals surface area contributed by atoms with E-state index in [-0.39, 0.29) is 16.4 Å². The number of hydrogen-bond acceptors (Lipinski definition) is 5. The molecular formula is C19H19N3O2S2. The Morgan fingerprint density at radius 3 is 2.65 bits per heavy atom. The van der Waals surface area contributed by atoms with Crippen LogP contribution in [0.25, 0.3) is 5.69 Å². The van der Waals surface area contributed by atoms with E-state index in [2.05, 4.69) is 16.8 Å². The van der Waals surface area contributed by atoms with Crippen LogP contribution in [0.2, 0.25) is 0 Å². The number of aryl methyl sites for hydroxylation is 1. The molecule has 1 N–H and O–H groups in total. The number of ether oxygens (including phenoxy) is 1. The second-order valence-electron chi connectivity index (χ2n) is 6.12. The highest BCUT2D eigenvalue weighted by atomic mass is 32.2. The van der Waals surface area contributed by atoms with Gasteiger partial charge < -0.3 is 10.1 Å². The molecule has 0 unspecified atom stereocenters. The monoisotopic (exact) mass is 385 g/mol. The fourth-order valence-corrected chi connectivity index (χ4v) is 5.35. The predicted molar refractivity (Wildman–Crippen MR) is 107 cm³/mol. The number of thioether (sulfide) groups is 1. The van der Waals surface area contributed by atoms with Gasteiger partial charge in [-0.1, -0.05) is 6.07 Å². The molecule has 1 aliphatic heterocycles. The Morgan fingerprint density at radius 1 is 1.23 bits per heavy atom. The van der Waals surface area contributed by atoms with Gasteiger partial charge >= 0.3 is 0 Å². The molecule has 0 aliphatic carbocycles. The number of anilines is 1. The van der Waals surface area contributed by atoms with Crippen LogP contribution >= 0.6 is 23.1 Å². The molecular weight excluding hydrogens is 366 g/mol. The van der Waals surface area contributed by atoms with E-state index in [1.54, 1.807) is 30.2 Å². The van der Waals surface area contributed by atoms with Gasteiger partial charge in [0.1, 0.15) is 11.6 Å². The zero-order valence-corrected chi connectivity index (χ0v) is 16.4. The summed E-state index contributed by atoms with van der Waals surface area (Å²) >= 11 is 3.38. The van der Waals surface area contributed by atoms with Crippen molar-refractivity contribution in [1.29, 1.82) is 0 Å². The first-order chi connectivity index (χ1) is 12.6. The number of hydrogen-bond donors (Lipinski definition) is 1. The number of nitrogens with one attached hydrogen (secondary N) is 1. The molecule has 1 amide bonds. The Balaban J connectivity index is 1.87. The zero-order valence-electron chi connectivity index (χ0n) is 14.7. The lowest BCUT2D eigenvalue weighted by molar-refractivity contribution is -0.115. The summed E-state index contributed by atoms with van der Waals surface area (Å²) in [5.74, 6) is 1.55. The Kier molecular flexibility index (Phi) is 4.50. The number of rotatable bonds is 3. The molecule has 26 heavy (non-hydrogen) atoms. The van der Waals surface area contributed by atoms with Gasteiger partial charge in [0.15, 0.2) is 0 Å². The van der Waals surface area contributed by atoms with Crippen molar-refractivity contribution < 1.29 is 9.53 Å². The molecule has 0 saturated heterocycles. The fourth-order valence-electron chi connectivity index (χ4n) is 3.09. The molecule has 5 nitrogen and oxygen atoms in total. The molecule has 1 aliphatic rings. The molecule has 7 heteroatoms. The Bertz CT molecular complexity index is 933. The minimum Gasteiger partial charge on any atom is -0.497 e. The summed E-state index contributed by atoms with van der Waals surface area (Å²) in [4.78, 5) is 13.8. The number of thiophene rings is 1. The maximum absolute atomic E-state index is 12.6. The van der Waals surface area contributed by atoms with E-state index in [1.807, 2.05) is 48.9 Å². The van der Waals surface area contributed by atoms with Gasteiger partial charge in [-0.25, -0.2) is 4.68 Å². The van der Waals surface area contributed by atoms with Crippen LogP contribution in [0.15, 0.2) is 41.8 Å². The predicted octanol–water partition coefficient (Wildman–Crippen LogP) is 4.41. The quantitative estimate of drug-likeness (QED) is 0.725. The van der Waals surface area contributed by atoms with Crippen molar-refractivity contribution in [2.45, 2.75) is 24.3 Å². The van der Waals surface area contributed by atoms with Gasteiger partial charge in [-0.05, 0) is 49.6 Å². The largest absolute Gasteiger partial charge is 0.497 e. The zero-order chi connectivity index (χ0) is 18.3. The van der Waals surface area contributed by atoms with E-state index in [1.165, 1.54) is 4.88 Å². The normalized spacial score (nSPS) is 19.6. The molecule has 0 spiro atoms. The topological polar surface area (TPSA) is 56.1 Å². The molecule has 2 aromatic heterocycles. The molecule has 0 radical (unpaired) electrons. The van der Waals surface area contributed by atoms with Crippen molar-refractivity contribution in [3.05, 3.63) is 57.9 Å². The summed E-state index contributed by atoms with van der Waals surface area (Å²) in [7, 11) is 1.64. The Labute approximate surface area is 160 Å². The van der Waals surface area contributed by atoms with Crippen molar-refractivity contribution in [2.24, 2.45) is 0 Å². The van der Waals surface area contributed by atoms with E-state index in [0.29, 0.717) is 0 Å². The summed E-state index contributed by atoms with van der Waals surface area (Å²) in [6.07, 6.45) is 0. The van der Waals surface area contributed by atoms with Gasteiger partial charge in [0.2, 0.25) is 5.91 Å². The third-order valence-electron chi connectivity index (χ3n) is 4.44. The highest BCUT2D eigenvalue weighted by Gasteiger charge is 2.34. The molecule has 0 saturated carbocycles. The van der Waals surface area contributed by atoms with Gasteiger partial charge in [-0.2, -0.15) is 5.10 Å². The first kappa shape index (κ1) is 17.2. The highest BCUT2D eigenvalue weighted by molar-refractivity contribution is 8.01. The summed E-state index contributed by atoms with van der Waals surface area (Å²) in [5.41, 5.74) is 2.89. The molecule has 1 aromatic carbocycles. The maximum atomic E-state index is 12.6. The van der Waals surface area contributed by atoms with Crippen LogP contribution in [0.4, 0.5) is 5.82 Å². The molecule has 134 valence electrons. The second kappa shape index (κ2) is 6.81. The lowest BCUT2D eigenvalue weighted by Gasteiger charge is -2.15. The van der Waals surface area contributed by atoms with Crippen LogP contribution < -0.4 is 10.1 Å². The fraction of sp³-hybridized carbons (Fsp3) is 0.263. The molecule has 3 aromatic rings. The number of benzene rings is 1. The summed E-state index contributed by atoms with van der Waals surface area (Å²) < 4.78 is 7.06. The Hall–Kier alpha value is -2.25. The first-order valence-corrected chi connectivity index (χ1v) is 10.1. The molecule has 2 atom stereocenters. The molecule has 3 heterocycles. The summed E-state index contributed by atoms with van der Waals surface area (Å²) in [5, 5.41) is 9.85. The number of fused-ring (bicyclic) bond motifs is 1. The van der Waals surface area contributed by atoms with Crippen molar-refractivity contribution >= 4 is 34.8 Å². The Morgan fingerprint density at radius 2 is 2.00 bits per heavy atom.